The van der Waals surface area contributed by atoms with Gasteiger partial charge in [-0.15, -0.1) is 0 Å². The summed E-state index contributed by atoms with van der Waals surface area (Å²) in [5.41, 5.74) is 17.2. The van der Waals surface area contributed by atoms with Crippen molar-refractivity contribution >= 4 is 61.3 Å². The summed E-state index contributed by atoms with van der Waals surface area (Å²) < 4.78 is 2.45. The zero-order valence-electron chi connectivity index (χ0n) is 39.6. The third-order valence-corrected chi connectivity index (χ3v) is 20.2. The van der Waals surface area contributed by atoms with E-state index in [9.17, 15) is 0 Å². The fraction of sp³-hybridized carbons (Fsp3) is 0. The number of aromatic nitrogens is 1. The lowest BCUT2D eigenvalue weighted by Crippen LogP contribution is -2.72. The summed E-state index contributed by atoms with van der Waals surface area (Å²) in [7, 11) is -2.85. The van der Waals surface area contributed by atoms with Crippen LogP contribution in [0.15, 0.2) is 285 Å². The first-order valence-electron chi connectivity index (χ1n) is 25.0. The van der Waals surface area contributed by atoms with Gasteiger partial charge in [0.1, 0.15) is 0 Å². The molecule has 0 amide bonds. The van der Waals surface area contributed by atoms with E-state index >= 15 is 0 Å². The van der Waals surface area contributed by atoms with Gasteiger partial charge in [0.05, 0.1) is 5.52 Å². The van der Waals surface area contributed by atoms with Gasteiger partial charge in [0.25, 0.3) is 0 Å². The smallest absolute Gasteiger partial charge is 0.180 e. The van der Waals surface area contributed by atoms with Crippen molar-refractivity contribution in [3.63, 3.8) is 0 Å². The molecule has 0 fully saturated rings. The number of hydrogen-bond donors (Lipinski definition) is 0. The first-order valence-corrected chi connectivity index (χ1v) is 27.0. The molecule has 13 aromatic rings. The molecule has 2 heterocycles. The van der Waals surface area contributed by atoms with E-state index in [0.29, 0.717) is 0 Å². The third-order valence-electron chi connectivity index (χ3n) is 15.3. The summed E-state index contributed by atoms with van der Waals surface area (Å²) in [6, 6.07) is 104. The van der Waals surface area contributed by atoms with Crippen molar-refractivity contribution in [3.05, 3.63) is 285 Å². The summed E-state index contributed by atoms with van der Waals surface area (Å²) in [6.07, 6.45) is 2.39. The number of benzene rings is 12. The summed E-state index contributed by atoms with van der Waals surface area (Å²) in [5.74, 6) is 0. The highest BCUT2D eigenvalue weighted by Gasteiger charge is 2.49. The van der Waals surface area contributed by atoms with Crippen molar-refractivity contribution in [3.8, 4) is 72.4 Å². The molecule has 0 bridgehead atoms. The van der Waals surface area contributed by atoms with Gasteiger partial charge < -0.3 is 4.57 Å². The molecule has 2 heteroatoms. The van der Waals surface area contributed by atoms with E-state index in [-0.39, 0.29) is 0 Å². The van der Waals surface area contributed by atoms with E-state index < -0.39 is 8.07 Å². The lowest BCUT2D eigenvalue weighted by molar-refractivity contribution is 1.13. The van der Waals surface area contributed by atoms with Crippen molar-refractivity contribution in [1.29, 1.82) is 0 Å². The molecule has 14 rings (SSSR count). The maximum absolute atomic E-state index is 2.85. The highest BCUT2D eigenvalue weighted by Crippen LogP contribution is 2.40. The van der Waals surface area contributed by atoms with Crippen LogP contribution in [0.1, 0.15) is 0 Å². The lowest BCUT2D eigenvalue weighted by Gasteiger charge is -2.32. The average molecular weight is 930 g/mol. The monoisotopic (exact) mass is 929 g/mol. The van der Waals surface area contributed by atoms with Crippen molar-refractivity contribution in [1.82, 2.24) is 4.57 Å². The van der Waals surface area contributed by atoms with Crippen LogP contribution in [-0.4, -0.2) is 12.6 Å². The van der Waals surface area contributed by atoms with Crippen LogP contribution in [-0.2, 0) is 0 Å². The molecule has 336 valence electrons. The normalized spacial score (nSPS) is 12.6. The van der Waals surface area contributed by atoms with Crippen LogP contribution in [0.2, 0.25) is 0 Å². The first kappa shape index (κ1) is 41.9. The molecular weight excluding hydrogens is 883 g/mol. The van der Waals surface area contributed by atoms with Crippen LogP contribution in [0, 0.1) is 0 Å². The molecule has 0 N–H and O–H groups in total. The molecule has 1 nitrogen and oxygen atoms in total. The van der Waals surface area contributed by atoms with Crippen molar-refractivity contribution in [2.75, 3.05) is 0 Å². The van der Waals surface area contributed by atoms with Crippen LogP contribution in [0.3, 0.4) is 0 Å². The molecule has 0 saturated heterocycles. The van der Waals surface area contributed by atoms with Crippen molar-refractivity contribution < 1.29 is 0 Å². The fourth-order valence-electron chi connectivity index (χ4n) is 11.9. The Bertz CT molecular complexity index is 4120. The Balaban J connectivity index is 0.950. The first-order chi connectivity index (χ1) is 35.7. The molecule has 0 aliphatic carbocycles. The molecule has 0 saturated carbocycles. The van der Waals surface area contributed by atoms with E-state index in [2.05, 4.69) is 290 Å². The van der Waals surface area contributed by atoms with E-state index in [1.165, 1.54) is 120 Å². The summed E-state index contributed by atoms with van der Waals surface area (Å²) in [5, 5.41) is 11.9. The zero-order chi connectivity index (χ0) is 47.6. The Hall–Kier alpha value is -9.08. The van der Waals surface area contributed by atoms with Gasteiger partial charge in [-0.25, -0.2) is 0 Å². The van der Waals surface area contributed by atoms with E-state index in [1.807, 2.05) is 0 Å². The van der Waals surface area contributed by atoms with E-state index in [4.69, 9.17) is 0 Å². The Morgan fingerprint density at radius 1 is 0.250 bits per heavy atom. The van der Waals surface area contributed by atoms with Gasteiger partial charge in [0.2, 0.25) is 0 Å². The summed E-state index contributed by atoms with van der Waals surface area (Å²) in [4.78, 5) is 0. The number of nitrogens with zero attached hydrogens (tertiary/aromatic N) is 1. The van der Waals surface area contributed by atoms with Gasteiger partial charge in [-0.1, -0.05) is 255 Å². The molecule has 1 aromatic heterocycles. The summed E-state index contributed by atoms with van der Waals surface area (Å²) in [6.45, 7) is 0. The second kappa shape index (κ2) is 17.1. The minimum Gasteiger partial charge on any atom is -0.316 e. The van der Waals surface area contributed by atoms with Gasteiger partial charge in [-0.2, -0.15) is 0 Å². The van der Waals surface area contributed by atoms with Gasteiger partial charge in [-0.3, -0.25) is 0 Å². The standard InChI is InChI=1S/C70H47NSi/c1-4-16-48(17-5-1)56-38-41-64-65-42-40-57(46-70(65)72(69(64)45-56,58-22-6-2-7-23-58)59-24-8-3-9-25-59)71-47-67(54-36-34-53(35-37-54)63-29-15-21-51-19-11-13-27-61(51)63)66-44-55(39-43-68(66)71)49-30-32-52(33-31-49)62-28-14-20-50-18-10-12-26-60(50)62/h1-47H. The average Bonchev–Trinajstić information content (AvgIpc) is 3.99. The van der Waals surface area contributed by atoms with E-state index in [0.717, 1.165) is 5.69 Å². The number of rotatable bonds is 8. The molecular formula is C70H47NSi. The molecule has 0 spiro atoms. The molecule has 72 heavy (non-hydrogen) atoms. The molecule has 0 unspecified atom stereocenters. The van der Waals surface area contributed by atoms with Crippen LogP contribution >= 0.6 is 0 Å². The Morgan fingerprint density at radius 2 is 0.681 bits per heavy atom. The minimum absolute atomic E-state index is 1.16. The quantitative estimate of drug-likeness (QED) is 0.134. The second-order valence-electron chi connectivity index (χ2n) is 19.2. The topological polar surface area (TPSA) is 4.93 Å². The summed E-state index contributed by atoms with van der Waals surface area (Å²) >= 11 is 0. The molecule has 12 aromatic carbocycles. The molecule has 0 atom stereocenters. The lowest BCUT2D eigenvalue weighted by atomic mass is 9.94. The SMILES string of the molecule is c1ccc(-c2ccc3c(c2)[Si](c2ccccc2)(c2ccccc2)c2cc(-n4cc(-c5ccc(-c6cccc7ccccc67)cc5)c5cc(-c6ccc(-c7cccc8ccccc78)cc6)ccc54)ccc2-3)cc1. The fourth-order valence-corrected chi connectivity index (χ4v) is 17.1. The van der Waals surface area contributed by atoms with Gasteiger partial charge in [0, 0.05) is 22.8 Å². The third kappa shape index (κ3) is 6.76. The van der Waals surface area contributed by atoms with Gasteiger partial charge in [0.15, 0.2) is 8.07 Å². The number of hydrogen-bond acceptors (Lipinski definition) is 0. The van der Waals surface area contributed by atoms with Crippen molar-refractivity contribution in [2.45, 2.75) is 0 Å². The maximum atomic E-state index is 2.54. The molecule has 1 aliphatic rings. The second-order valence-corrected chi connectivity index (χ2v) is 22.9. The minimum atomic E-state index is -2.85. The van der Waals surface area contributed by atoms with Crippen LogP contribution in [0.5, 0.6) is 0 Å². The zero-order valence-corrected chi connectivity index (χ0v) is 40.6. The van der Waals surface area contributed by atoms with E-state index in [1.54, 1.807) is 0 Å². The largest absolute Gasteiger partial charge is 0.316 e. The predicted octanol–water partition coefficient (Wildman–Crippen LogP) is 15.6. The number of fused-ring (bicyclic) bond motifs is 6. The molecule has 0 radical (unpaired) electrons. The molecule has 1 aliphatic heterocycles. The Kier molecular flexibility index (Phi) is 9.94. The Labute approximate surface area is 421 Å². The maximum Gasteiger partial charge on any atom is 0.180 e. The van der Waals surface area contributed by atoms with Crippen LogP contribution < -0.4 is 20.7 Å². The Morgan fingerprint density at radius 3 is 1.28 bits per heavy atom. The van der Waals surface area contributed by atoms with Crippen LogP contribution in [0.25, 0.3) is 105 Å². The van der Waals surface area contributed by atoms with Gasteiger partial charge >= 0.3 is 0 Å². The van der Waals surface area contributed by atoms with Gasteiger partial charge in [-0.05, 0) is 128 Å². The highest BCUT2D eigenvalue weighted by molar-refractivity contribution is 7.22. The highest BCUT2D eigenvalue weighted by atomic mass is 28.3. The van der Waals surface area contributed by atoms with Crippen molar-refractivity contribution in [2.24, 2.45) is 0 Å². The van der Waals surface area contributed by atoms with Crippen LogP contribution in [0.4, 0.5) is 0 Å². The predicted molar refractivity (Wildman–Crippen MR) is 308 cm³/mol.